The van der Waals surface area contributed by atoms with Gasteiger partial charge in [0.15, 0.2) is 0 Å². The van der Waals surface area contributed by atoms with E-state index in [9.17, 15) is 0 Å². The van der Waals surface area contributed by atoms with E-state index in [0.717, 1.165) is 25.1 Å². The highest BCUT2D eigenvalue weighted by Crippen LogP contribution is 2.27. The molecule has 100 valence electrons. The highest BCUT2D eigenvalue weighted by molar-refractivity contribution is 6.30. The number of hydrogen-bond acceptors (Lipinski definition) is 3. The minimum atomic E-state index is 0.342. The number of aliphatic hydroxyl groups excluding tert-OH is 1. The second kappa shape index (κ2) is 6.50. The van der Waals surface area contributed by atoms with Crippen molar-refractivity contribution >= 4 is 11.6 Å². The van der Waals surface area contributed by atoms with Gasteiger partial charge in [0.1, 0.15) is 0 Å². The second-order valence-corrected chi connectivity index (χ2v) is 5.68. The zero-order chi connectivity index (χ0) is 13.0. The number of hydrogen-bond donors (Lipinski definition) is 1. The van der Waals surface area contributed by atoms with Gasteiger partial charge in [-0.25, -0.2) is 0 Å². The average molecular weight is 269 g/mol. The molecule has 0 aliphatic heterocycles. The van der Waals surface area contributed by atoms with E-state index in [1.165, 1.54) is 12.8 Å². The van der Waals surface area contributed by atoms with E-state index in [1.807, 2.05) is 12.1 Å². The van der Waals surface area contributed by atoms with Gasteiger partial charge in [0.25, 0.3) is 0 Å². The summed E-state index contributed by atoms with van der Waals surface area (Å²) in [6.07, 6.45) is 6.33. The van der Waals surface area contributed by atoms with Crippen LogP contribution >= 0.6 is 11.6 Å². The highest BCUT2D eigenvalue weighted by Gasteiger charge is 2.23. The van der Waals surface area contributed by atoms with Crippen LogP contribution in [-0.2, 0) is 6.54 Å². The van der Waals surface area contributed by atoms with Crippen molar-refractivity contribution < 1.29 is 5.11 Å². The largest absolute Gasteiger partial charge is 0.396 e. The number of pyridine rings is 1. The van der Waals surface area contributed by atoms with Gasteiger partial charge >= 0.3 is 0 Å². The molecule has 0 saturated heterocycles. The van der Waals surface area contributed by atoms with Gasteiger partial charge in [-0.15, -0.1) is 0 Å². The van der Waals surface area contributed by atoms with Crippen LogP contribution < -0.4 is 0 Å². The maximum Gasteiger partial charge on any atom is 0.0589 e. The lowest BCUT2D eigenvalue weighted by atomic mass is 9.86. The molecule has 2 rings (SSSR count). The summed E-state index contributed by atoms with van der Waals surface area (Å²) in [4.78, 5) is 6.70. The van der Waals surface area contributed by atoms with Crippen LogP contribution in [-0.4, -0.2) is 34.7 Å². The van der Waals surface area contributed by atoms with E-state index < -0.39 is 0 Å². The summed E-state index contributed by atoms with van der Waals surface area (Å²) in [5.74, 6) is 0.517. The van der Waals surface area contributed by atoms with E-state index in [-0.39, 0.29) is 0 Å². The van der Waals surface area contributed by atoms with Crippen molar-refractivity contribution in [1.82, 2.24) is 9.88 Å². The van der Waals surface area contributed by atoms with Gasteiger partial charge in [-0.3, -0.25) is 9.88 Å². The molecule has 0 radical (unpaired) electrons. The molecule has 1 aromatic heterocycles. The van der Waals surface area contributed by atoms with Crippen molar-refractivity contribution in [2.75, 3.05) is 13.7 Å². The van der Waals surface area contributed by atoms with Gasteiger partial charge in [-0.2, -0.15) is 0 Å². The topological polar surface area (TPSA) is 36.4 Å². The molecule has 0 unspecified atom stereocenters. The quantitative estimate of drug-likeness (QED) is 0.912. The molecular formula is C14H21ClN2O. The Balaban J connectivity index is 1.85. The molecule has 4 heteroatoms. The maximum absolute atomic E-state index is 9.14. The predicted molar refractivity (Wildman–Crippen MR) is 73.5 cm³/mol. The lowest BCUT2D eigenvalue weighted by Gasteiger charge is -2.33. The first-order valence-electron chi connectivity index (χ1n) is 6.60. The van der Waals surface area contributed by atoms with Gasteiger partial charge in [0, 0.05) is 25.4 Å². The summed E-state index contributed by atoms with van der Waals surface area (Å²) in [6, 6.07) is 4.49. The fourth-order valence-electron chi connectivity index (χ4n) is 2.65. The van der Waals surface area contributed by atoms with Crippen LogP contribution in [0.1, 0.15) is 31.4 Å². The Bertz CT molecular complexity index is 361. The number of aliphatic hydroxyl groups is 1. The Labute approximate surface area is 114 Å². The fourth-order valence-corrected chi connectivity index (χ4v) is 2.76. The molecule has 3 nitrogen and oxygen atoms in total. The normalized spacial score (nSPS) is 24.4. The van der Waals surface area contributed by atoms with E-state index in [0.29, 0.717) is 23.6 Å². The third kappa shape index (κ3) is 3.67. The summed E-state index contributed by atoms with van der Waals surface area (Å²) in [5, 5.41) is 9.83. The zero-order valence-corrected chi connectivity index (χ0v) is 11.6. The summed E-state index contributed by atoms with van der Waals surface area (Å²) in [6.45, 7) is 1.21. The summed E-state index contributed by atoms with van der Waals surface area (Å²) in [5.41, 5.74) is 1.06. The van der Waals surface area contributed by atoms with Crippen LogP contribution in [0.3, 0.4) is 0 Å². The first kappa shape index (κ1) is 13.8. The van der Waals surface area contributed by atoms with E-state index >= 15 is 0 Å². The SMILES string of the molecule is CN(Cc1ccc(Cl)cn1)C1CCC(CO)CC1. The standard InChI is InChI=1S/C14H21ClN2O/c1-17(9-13-5-4-12(15)8-16-13)14-6-2-11(10-18)3-7-14/h4-5,8,11,14,18H,2-3,6-7,9-10H2,1H3. The molecular weight excluding hydrogens is 248 g/mol. The summed E-state index contributed by atoms with van der Waals surface area (Å²) < 4.78 is 0. The van der Waals surface area contributed by atoms with Crippen molar-refractivity contribution in [2.45, 2.75) is 38.3 Å². The molecule has 1 aromatic rings. The second-order valence-electron chi connectivity index (χ2n) is 5.24. The molecule has 1 aliphatic carbocycles. The number of aromatic nitrogens is 1. The van der Waals surface area contributed by atoms with Gasteiger partial charge < -0.3 is 5.11 Å². The minimum Gasteiger partial charge on any atom is -0.396 e. The monoisotopic (exact) mass is 268 g/mol. The molecule has 0 atom stereocenters. The first-order chi connectivity index (χ1) is 8.69. The van der Waals surface area contributed by atoms with E-state index in [2.05, 4.69) is 16.9 Å². The molecule has 0 bridgehead atoms. The molecule has 1 heterocycles. The van der Waals surface area contributed by atoms with Crippen molar-refractivity contribution in [3.63, 3.8) is 0 Å². The lowest BCUT2D eigenvalue weighted by Crippen LogP contribution is -2.35. The van der Waals surface area contributed by atoms with Gasteiger partial charge in [-0.05, 0) is 50.8 Å². The number of nitrogens with zero attached hydrogens (tertiary/aromatic N) is 2. The molecule has 1 fully saturated rings. The molecule has 1 N–H and O–H groups in total. The fraction of sp³-hybridized carbons (Fsp3) is 0.643. The van der Waals surface area contributed by atoms with Gasteiger partial charge in [0.2, 0.25) is 0 Å². The van der Waals surface area contributed by atoms with Crippen molar-refractivity contribution in [3.05, 3.63) is 29.0 Å². The van der Waals surface area contributed by atoms with E-state index in [4.69, 9.17) is 16.7 Å². The van der Waals surface area contributed by atoms with Crippen LogP contribution in [0.25, 0.3) is 0 Å². The average Bonchev–Trinajstić information content (AvgIpc) is 2.41. The Kier molecular flexibility index (Phi) is 4.98. The van der Waals surface area contributed by atoms with Crippen molar-refractivity contribution in [3.8, 4) is 0 Å². The minimum absolute atomic E-state index is 0.342. The molecule has 0 spiro atoms. The molecule has 0 amide bonds. The van der Waals surface area contributed by atoms with E-state index in [1.54, 1.807) is 6.20 Å². The van der Waals surface area contributed by atoms with Crippen LogP contribution in [0.5, 0.6) is 0 Å². The lowest BCUT2D eigenvalue weighted by molar-refractivity contribution is 0.123. The number of rotatable bonds is 4. The third-order valence-electron chi connectivity index (χ3n) is 3.90. The number of halogens is 1. The molecule has 0 aromatic carbocycles. The summed E-state index contributed by atoms with van der Waals surface area (Å²) in [7, 11) is 2.15. The van der Waals surface area contributed by atoms with Crippen LogP contribution in [0.15, 0.2) is 18.3 Å². The highest BCUT2D eigenvalue weighted by atomic mass is 35.5. The third-order valence-corrected chi connectivity index (χ3v) is 4.12. The van der Waals surface area contributed by atoms with Crippen LogP contribution in [0.4, 0.5) is 0 Å². The van der Waals surface area contributed by atoms with Gasteiger partial charge in [0.05, 0.1) is 10.7 Å². The maximum atomic E-state index is 9.14. The first-order valence-corrected chi connectivity index (χ1v) is 6.98. The Morgan fingerprint density at radius 2 is 2.06 bits per heavy atom. The smallest absolute Gasteiger partial charge is 0.0589 e. The van der Waals surface area contributed by atoms with Crippen molar-refractivity contribution in [2.24, 2.45) is 5.92 Å². The Morgan fingerprint density at radius 3 is 2.61 bits per heavy atom. The van der Waals surface area contributed by atoms with Crippen LogP contribution in [0, 0.1) is 5.92 Å². The Morgan fingerprint density at radius 1 is 1.33 bits per heavy atom. The van der Waals surface area contributed by atoms with Crippen LogP contribution in [0.2, 0.25) is 5.02 Å². The van der Waals surface area contributed by atoms with Gasteiger partial charge in [-0.1, -0.05) is 11.6 Å². The molecule has 18 heavy (non-hydrogen) atoms. The Hall–Kier alpha value is -0.640. The summed E-state index contributed by atoms with van der Waals surface area (Å²) >= 11 is 5.83. The predicted octanol–water partition coefficient (Wildman–Crippen LogP) is 2.72. The molecule has 1 saturated carbocycles. The van der Waals surface area contributed by atoms with Crippen molar-refractivity contribution in [1.29, 1.82) is 0 Å². The zero-order valence-electron chi connectivity index (χ0n) is 10.8. The molecule has 1 aliphatic rings.